The van der Waals surface area contributed by atoms with Crippen LogP contribution in [0.2, 0.25) is 0 Å². The molecule has 6 nitrogen and oxygen atoms in total. The Hall–Kier alpha value is -1.43. The fourth-order valence-electron chi connectivity index (χ4n) is 1.96. The van der Waals surface area contributed by atoms with Gasteiger partial charge in [0.15, 0.2) is 5.69 Å². The smallest absolute Gasteiger partial charge is 0.276 e. The Morgan fingerprint density at radius 2 is 2.39 bits per heavy atom. The van der Waals surface area contributed by atoms with Gasteiger partial charge in [0, 0.05) is 19.6 Å². The summed E-state index contributed by atoms with van der Waals surface area (Å²) in [5.74, 6) is 0.687. The van der Waals surface area contributed by atoms with Gasteiger partial charge < -0.3 is 10.6 Å². The molecule has 1 heterocycles. The van der Waals surface area contributed by atoms with Crippen molar-refractivity contribution >= 4 is 5.91 Å². The first kappa shape index (κ1) is 13.0. The summed E-state index contributed by atoms with van der Waals surface area (Å²) in [6, 6.07) is 0. The summed E-state index contributed by atoms with van der Waals surface area (Å²) in [6.07, 6.45) is 5.14. The maximum Gasteiger partial charge on any atom is 0.276 e. The third-order valence-electron chi connectivity index (χ3n) is 3.07. The summed E-state index contributed by atoms with van der Waals surface area (Å²) < 4.78 is 1.62. The zero-order valence-electron chi connectivity index (χ0n) is 10.9. The van der Waals surface area contributed by atoms with Gasteiger partial charge in [-0.3, -0.25) is 9.48 Å². The molecule has 1 amide bonds. The Balaban J connectivity index is 2.00. The van der Waals surface area contributed by atoms with Crippen molar-refractivity contribution in [3.63, 3.8) is 0 Å². The van der Waals surface area contributed by atoms with Crippen molar-refractivity contribution in [2.24, 2.45) is 11.7 Å². The highest BCUT2D eigenvalue weighted by Crippen LogP contribution is 2.30. The Morgan fingerprint density at radius 3 is 3.00 bits per heavy atom. The van der Waals surface area contributed by atoms with Crippen LogP contribution in [-0.4, -0.2) is 45.4 Å². The number of rotatable bonds is 7. The highest BCUT2D eigenvalue weighted by atomic mass is 16.2. The van der Waals surface area contributed by atoms with Gasteiger partial charge in [-0.2, -0.15) is 0 Å². The lowest BCUT2D eigenvalue weighted by Crippen LogP contribution is -2.33. The highest BCUT2D eigenvalue weighted by molar-refractivity contribution is 5.91. The Bertz CT molecular complexity index is 399. The Labute approximate surface area is 107 Å². The maximum atomic E-state index is 12.3. The number of hydrogen-bond donors (Lipinski definition) is 1. The predicted octanol–water partition coefficient (Wildman–Crippen LogP) is 0.499. The molecule has 1 aromatic rings. The van der Waals surface area contributed by atoms with Crippen molar-refractivity contribution in [2.45, 2.75) is 32.7 Å². The molecule has 1 saturated carbocycles. The van der Waals surface area contributed by atoms with E-state index in [1.165, 1.54) is 12.8 Å². The fraction of sp³-hybridized carbons (Fsp3) is 0.750. The molecule has 0 unspecified atom stereocenters. The van der Waals surface area contributed by atoms with Crippen LogP contribution in [0.4, 0.5) is 0 Å². The summed E-state index contributed by atoms with van der Waals surface area (Å²) in [7, 11) is 0. The van der Waals surface area contributed by atoms with E-state index < -0.39 is 0 Å². The lowest BCUT2D eigenvalue weighted by Gasteiger charge is -2.20. The molecule has 1 aromatic heterocycles. The molecular formula is C12H21N5O. The van der Waals surface area contributed by atoms with Gasteiger partial charge in [0.1, 0.15) is 0 Å². The molecular weight excluding hydrogens is 230 g/mol. The van der Waals surface area contributed by atoms with Crippen LogP contribution >= 0.6 is 0 Å². The monoisotopic (exact) mass is 251 g/mol. The van der Waals surface area contributed by atoms with Gasteiger partial charge in [-0.05, 0) is 25.2 Å². The van der Waals surface area contributed by atoms with Crippen molar-refractivity contribution < 1.29 is 4.79 Å². The first-order valence-corrected chi connectivity index (χ1v) is 6.64. The van der Waals surface area contributed by atoms with Crippen molar-refractivity contribution in [1.82, 2.24) is 19.9 Å². The highest BCUT2D eigenvalue weighted by Gasteiger charge is 2.27. The molecule has 0 aliphatic heterocycles. The molecule has 0 aromatic carbocycles. The zero-order valence-corrected chi connectivity index (χ0v) is 10.9. The average molecular weight is 251 g/mol. The minimum Gasteiger partial charge on any atom is -0.337 e. The minimum atomic E-state index is -0.00739. The summed E-state index contributed by atoms with van der Waals surface area (Å²) in [5.41, 5.74) is 5.87. The van der Waals surface area contributed by atoms with Gasteiger partial charge >= 0.3 is 0 Å². The number of aromatic nitrogens is 3. The molecule has 0 spiro atoms. The van der Waals surface area contributed by atoms with Crippen LogP contribution in [0.25, 0.3) is 0 Å². The molecule has 100 valence electrons. The molecule has 2 N–H and O–H groups in total. The quantitative estimate of drug-likeness (QED) is 0.765. The molecule has 0 radical (unpaired) electrons. The molecule has 1 aliphatic rings. The van der Waals surface area contributed by atoms with E-state index in [1.54, 1.807) is 10.9 Å². The summed E-state index contributed by atoms with van der Waals surface area (Å²) in [5, 5.41) is 7.84. The molecule has 0 atom stereocenters. The first-order chi connectivity index (χ1) is 8.74. The number of amides is 1. The molecule has 6 heteroatoms. The zero-order chi connectivity index (χ0) is 13.0. The number of carbonyl (C=O) groups is 1. The van der Waals surface area contributed by atoms with E-state index in [2.05, 4.69) is 17.2 Å². The molecule has 1 aliphatic carbocycles. The van der Waals surface area contributed by atoms with Gasteiger partial charge in [-0.1, -0.05) is 12.1 Å². The predicted molar refractivity (Wildman–Crippen MR) is 68.0 cm³/mol. The second-order valence-electron chi connectivity index (χ2n) is 4.85. The van der Waals surface area contributed by atoms with Crippen LogP contribution in [-0.2, 0) is 6.54 Å². The normalized spacial score (nSPS) is 14.8. The molecule has 0 saturated heterocycles. The third kappa shape index (κ3) is 3.29. The van der Waals surface area contributed by atoms with E-state index >= 15 is 0 Å². The van der Waals surface area contributed by atoms with Crippen LogP contribution in [0, 0.1) is 5.92 Å². The summed E-state index contributed by atoms with van der Waals surface area (Å²) in [4.78, 5) is 14.2. The number of nitrogens with zero attached hydrogens (tertiary/aromatic N) is 4. The van der Waals surface area contributed by atoms with Gasteiger partial charge in [0.05, 0.1) is 12.7 Å². The first-order valence-electron chi connectivity index (χ1n) is 6.64. The second-order valence-corrected chi connectivity index (χ2v) is 4.85. The van der Waals surface area contributed by atoms with E-state index in [9.17, 15) is 4.79 Å². The Kier molecular flexibility index (Phi) is 4.30. The van der Waals surface area contributed by atoms with E-state index in [4.69, 9.17) is 5.73 Å². The van der Waals surface area contributed by atoms with Crippen molar-refractivity contribution in [3.8, 4) is 0 Å². The van der Waals surface area contributed by atoms with Crippen molar-refractivity contribution in [3.05, 3.63) is 11.9 Å². The Morgan fingerprint density at radius 1 is 1.61 bits per heavy atom. The van der Waals surface area contributed by atoms with E-state index in [1.807, 2.05) is 4.90 Å². The third-order valence-corrected chi connectivity index (χ3v) is 3.07. The summed E-state index contributed by atoms with van der Waals surface area (Å²) in [6.45, 7) is 4.82. The van der Waals surface area contributed by atoms with Crippen LogP contribution in [0.1, 0.15) is 36.7 Å². The van der Waals surface area contributed by atoms with Gasteiger partial charge in [0.25, 0.3) is 5.91 Å². The van der Waals surface area contributed by atoms with Crippen LogP contribution in [0.5, 0.6) is 0 Å². The molecule has 1 fully saturated rings. The average Bonchev–Trinajstić information content (AvgIpc) is 3.05. The number of carbonyl (C=O) groups excluding carboxylic acids is 1. The van der Waals surface area contributed by atoms with E-state index in [-0.39, 0.29) is 5.91 Å². The topological polar surface area (TPSA) is 77.0 Å². The van der Waals surface area contributed by atoms with E-state index in [0.717, 1.165) is 19.5 Å². The standard InChI is InChI=1S/C12H21N5O/c1-2-6-16(8-10-3-4-10)12(18)11-9-17(7-5-13)15-14-11/h9-10H,2-8,13H2,1H3. The molecule has 0 bridgehead atoms. The minimum absolute atomic E-state index is 0.00739. The molecule has 2 rings (SSSR count). The summed E-state index contributed by atoms with van der Waals surface area (Å²) >= 11 is 0. The number of nitrogens with two attached hydrogens (primary N) is 1. The lowest BCUT2D eigenvalue weighted by atomic mass is 10.3. The van der Waals surface area contributed by atoms with Crippen LogP contribution in [0.3, 0.4) is 0 Å². The largest absolute Gasteiger partial charge is 0.337 e. The van der Waals surface area contributed by atoms with Gasteiger partial charge in [0.2, 0.25) is 0 Å². The second kappa shape index (κ2) is 5.95. The SMILES string of the molecule is CCCN(CC1CC1)C(=O)c1cn(CCN)nn1. The number of hydrogen-bond acceptors (Lipinski definition) is 4. The fourth-order valence-corrected chi connectivity index (χ4v) is 1.96. The lowest BCUT2D eigenvalue weighted by molar-refractivity contribution is 0.0741. The van der Waals surface area contributed by atoms with Gasteiger partial charge in [-0.25, -0.2) is 0 Å². The van der Waals surface area contributed by atoms with Crippen molar-refractivity contribution in [2.75, 3.05) is 19.6 Å². The van der Waals surface area contributed by atoms with Crippen LogP contribution in [0.15, 0.2) is 6.20 Å². The molecule has 18 heavy (non-hydrogen) atoms. The van der Waals surface area contributed by atoms with E-state index in [0.29, 0.717) is 24.7 Å². The maximum absolute atomic E-state index is 12.3. The van der Waals surface area contributed by atoms with Crippen molar-refractivity contribution in [1.29, 1.82) is 0 Å². The van der Waals surface area contributed by atoms with Gasteiger partial charge in [-0.15, -0.1) is 5.10 Å². The van der Waals surface area contributed by atoms with Crippen LogP contribution < -0.4 is 5.73 Å².